The number of rotatable bonds is 4. The molecule has 3 rings (SSSR count). The van der Waals surface area contributed by atoms with E-state index in [0.29, 0.717) is 0 Å². The first-order valence-corrected chi connectivity index (χ1v) is 9.58. The first-order valence-electron chi connectivity index (χ1n) is 9.58. The van der Waals surface area contributed by atoms with Crippen LogP contribution in [0.25, 0.3) is 0 Å². The summed E-state index contributed by atoms with van der Waals surface area (Å²) in [7, 11) is 1.25. The van der Waals surface area contributed by atoms with E-state index in [1.54, 1.807) is 27.7 Å². The lowest BCUT2D eigenvalue weighted by molar-refractivity contribution is -0.159. The van der Waals surface area contributed by atoms with Crippen molar-refractivity contribution in [3.8, 4) is 0 Å². The van der Waals surface area contributed by atoms with E-state index in [4.69, 9.17) is 18.9 Å². The molecule has 158 valence electrons. The normalized spacial score (nSPS) is 28.2. The fourth-order valence-corrected chi connectivity index (χ4v) is 3.34. The van der Waals surface area contributed by atoms with Crippen molar-refractivity contribution in [3.63, 3.8) is 0 Å². The second kappa shape index (κ2) is 8.02. The Hall–Kier alpha value is -2.61. The Morgan fingerprint density at radius 1 is 1.14 bits per heavy atom. The number of hydrogen-bond donors (Lipinski definition) is 0. The summed E-state index contributed by atoms with van der Waals surface area (Å²) in [6.45, 7) is 6.97. The third kappa shape index (κ3) is 4.37. The van der Waals surface area contributed by atoms with Crippen molar-refractivity contribution in [1.29, 1.82) is 0 Å². The van der Waals surface area contributed by atoms with Gasteiger partial charge in [-0.05, 0) is 33.3 Å². The predicted molar refractivity (Wildman–Crippen MR) is 102 cm³/mol. The summed E-state index contributed by atoms with van der Waals surface area (Å²) in [4.78, 5) is 38.9. The van der Waals surface area contributed by atoms with Crippen molar-refractivity contribution >= 4 is 18.0 Å². The predicted octanol–water partition coefficient (Wildman–Crippen LogP) is 2.29. The van der Waals surface area contributed by atoms with Crippen LogP contribution in [0.5, 0.6) is 0 Å². The van der Waals surface area contributed by atoms with Crippen LogP contribution in [0.1, 0.15) is 33.3 Å². The minimum Gasteiger partial charge on any atom is -0.467 e. The van der Waals surface area contributed by atoms with E-state index >= 15 is 0 Å². The summed E-state index contributed by atoms with van der Waals surface area (Å²) in [6.07, 6.45) is -2.46. The molecule has 0 N–H and O–H groups in total. The topological polar surface area (TPSA) is 91.4 Å². The first-order chi connectivity index (χ1) is 13.6. The highest BCUT2D eigenvalue weighted by Crippen LogP contribution is 2.43. The maximum absolute atomic E-state index is 12.9. The molecule has 1 aromatic rings. The van der Waals surface area contributed by atoms with Crippen molar-refractivity contribution in [2.45, 2.75) is 64.7 Å². The standard InChI is InChI=1S/C21H27NO7/c1-12-14(18(23)26-5)22(20(25)27-11-13-9-7-6-8-10-13)15-16(28-12)17(15)29-19(24)21(2,3)4/h6-10,12,14-17H,11H2,1-5H3/t12-,14+,15-,16+,17+/m1/s1. The lowest BCUT2D eigenvalue weighted by Crippen LogP contribution is -2.57. The molecule has 29 heavy (non-hydrogen) atoms. The van der Waals surface area contributed by atoms with Gasteiger partial charge in [0, 0.05) is 0 Å². The Morgan fingerprint density at radius 2 is 1.79 bits per heavy atom. The quantitative estimate of drug-likeness (QED) is 0.561. The van der Waals surface area contributed by atoms with Crippen molar-refractivity contribution in [2.75, 3.05) is 7.11 Å². The molecule has 0 radical (unpaired) electrons. The maximum atomic E-state index is 12.9. The van der Waals surface area contributed by atoms with Crippen LogP contribution >= 0.6 is 0 Å². The molecule has 0 spiro atoms. The molecule has 2 aliphatic rings. The van der Waals surface area contributed by atoms with Crippen LogP contribution in [-0.2, 0) is 35.1 Å². The molecule has 8 nitrogen and oxygen atoms in total. The van der Waals surface area contributed by atoms with E-state index in [2.05, 4.69) is 0 Å². The summed E-state index contributed by atoms with van der Waals surface area (Å²) < 4.78 is 21.7. The van der Waals surface area contributed by atoms with Gasteiger partial charge < -0.3 is 18.9 Å². The molecule has 0 unspecified atom stereocenters. The second-order valence-corrected chi connectivity index (χ2v) is 8.33. The maximum Gasteiger partial charge on any atom is 0.411 e. The Balaban J connectivity index is 1.77. The van der Waals surface area contributed by atoms with Gasteiger partial charge in [-0.1, -0.05) is 30.3 Å². The number of nitrogens with zero attached hydrogens (tertiary/aromatic N) is 1. The summed E-state index contributed by atoms with van der Waals surface area (Å²) in [5.74, 6) is -1.01. The molecule has 1 saturated heterocycles. The molecule has 1 saturated carbocycles. The molecule has 1 aliphatic heterocycles. The van der Waals surface area contributed by atoms with E-state index in [-0.39, 0.29) is 6.61 Å². The lowest BCUT2D eigenvalue weighted by atomic mass is 9.97. The first kappa shape index (κ1) is 21.1. The summed E-state index contributed by atoms with van der Waals surface area (Å²) in [5, 5.41) is 0. The molecule has 0 bridgehead atoms. The summed E-state index contributed by atoms with van der Waals surface area (Å²) >= 11 is 0. The molecule has 5 atom stereocenters. The number of methoxy groups -OCH3 is 1. The third-order valence-electron chi connectivity index (χ3n) is 5.01. The van der Waals surface area contributed by atoms with Gasteiger partial charge in [0.15, 0.2) is 12.1 Å². The number of carbonyl (C=O) groups is 3. The Bertz CT molecular complexity index is 773. The highest BCUT2D eigenvalue weighted by Gasteiger charge is 2.67. The fourth-order valence-electron chi connectivity index (χ4n) is 3.34. The monoisotopic (exact) mass is 405 g/mol. The second-order valence-electron chi connectivity index (χ2n) is 8.33. The number of ether oxygens (including phenoxy) is 4. The number of amides is 1. The number of fused-ring (bicyclic) bond motifs is 1. The average Bonchev–Trinajstić information content (AvgIpc) is 3.35. The molecular formula is C21H27NO7. The van der Waals surface area contributed by atoms with Gasteiger partial charge in [0.25, 0.3) is 0 Å². The fraction of sp³-hybridized carbons (Fsp3) is 0.571. The van der Waals surface area contributed by atoms with Crippen LogP contribution in [-0.4, -0.2) is 60.4 Å². The Morgan fingerprint density at radius 3 is 2.38 bits per heavy atom. The van der Waals surface area contributed by atoms with Crippen LogP contribution in [0.4, 0.5) is 4.79 Å². The Kier molecular flexibility index (Phi) is 5.84. The van der Waals surface area contributed by atoms with Crippen molar-refractivity contribution in [1.82, 2.24) is 4.90 Å². The van der Waals surface area contributed by atoms with Gasteiger partial charge in [0.05, 0.1) is 18.6 Å². The number of benzene rings is 1. The van der Waals surface area contributed by atoms with Gasteiger partial charge in [-0.3, -0.25) is 9.69 Å². The zero-order chi connectivity index (χ0) is 21.3. The largest absolute Gasteiger partial charge is 0.467 e. The molecule has 1 heterocycles. The highest BCUT2D eigenvalue weighted by molar-refractivity contribution is 5.83. The number of hydrogen-bond acceptors (Lipinski definition) is 7. The molecule has 1 amide bonds. The minimum atomic E-state index is -0.983. The van der Waals surface area contributed by atoms with Gasteiger partial charge in [-0.2, -0.15) is 0 Å². The van der Waals surface area contributed by atoms with E-state index < -0.39 is 53.8 Å². The molecule has 0 aromatic heterocycles. The molecule has 8 heteroatoms. The van der Waals surface area contributed by atoms with Gasteiger partial charge in [-0.15, -0.1) is 0 Å². The minimum absolute atomic E-state index is 0.0587. The molecule has 1 aliphatic carbocycles. The Labute approximate surface area is 170 Å². The van der Waals surface area contributed by atoms with Crippen molar-refractivity contribution in [2.24, 2.45) is 5.41 Å². The molecule has 2 fully saturated rings. The van der Waals surface area contributed by atoms with Crippen molar-refractivity contribution in [3.05, 3.63) is 35.9 Å². The summed E-state index contributed by atoms with van der Waals surface area (Å²) in [5.41, 5.74) is 0.123. The van der Waals surface area contributed by atoms with Crippen LogP contribution < -0.4 is 0 Å². The van der Waals surface area contributed by atoms with E-state index in [1.807, 2.05) is 30.3 Å². The lowest BCUT2D eigenvalue weighted by Gasteiger charge is -2.36. The van der Waals surface area contributed by atoms with Gasteiger partial charge in [0.2, 0.25) is 0 Å². The van der Waals surface area contributed by atoms with Crippen molar-refractivity contribution < 1.29 is 33.3 Å². The van der Waals surface area contributed by atoms with Gasteiger partial charge >= 0.3 is 18.0 Å². The molecule has 1 aromatic carbocycles. The van der Waals surface area contributed by atoms with Crippen LogP contribution in [0, 0.1) is 5.41 Å². The van der Waals surface area contributed by atoms with Gasteiger partial charge in [0.1, 0.15) is 18.8 Å². The van der Waals surface area contributed by atoms with Crippen LogP contribution in [0.3, 0.4) is 0 Å². The van der Waals surface area contributed by atoms with Gasteiger partial charge in [-0.25, -0.2) is 9.59 Å². The summed E-state index contributed by atoms with van der Waals surface area (Å²) in [6, 6.07) is 7.65. The number of morpholine rings is 1. The van der Waals surface area contributed by atoms with Crippen LogP contribution in [0.2, 0.25) is 0 Å². The third-order valence-corrected chi connectivity index (χ3v) is 5.01. The zero-order valence-electron chi connectivity index (χ0n) is 17.3. The van der Waals surface area contributed by atoms with E-state index in [9.17, 15) is 14.4 Å². The molecular weight excluding hydrogens is 378 g/mol. The zero-order valence-corrected chi connectivity index (χ0v) is 17.3. The average molecular weight is 405 g/mol. The smallest absolute Gasteiger partial charge is 0.411 e. The SMILES string of the molecule is COC(=O)[C@@H]1[C@@H](C)O[C@@H]2[C@@H](OC(=O)C(C)(C)C)[C@@H]2N1C(=O)OCc1ccccc1. The van der Waals surface area contributed by atoms with E-state index in [1.165, 1.54) is 12.0 Å². The highest BCUT2D eigenvalue weighted by atomic mass is 16.6. The number of carbonyl (C=O) groups excluding carboxylic acids is 3. The number of esters is 2. The van der Waals surface area contributed by atoms with Crippen LogP contribution in [0.15, 0.2) is 30.3 Å². The van der Waals surface area contributed by atoms with E-state index in [0.717, 1.165) is 5.56 Å².